The van der Waals surface area contributed by atoms with Gasteiger partial charge in [-0.1, -0.05) is 23.7 Å². The number of nitro groups is 1. The maximum Gasteiger partial charge on any atom is 0.311 e. The second-order valence-corrected chi connectivity index (χ2v) is 5.21. The molecular formula is C15H15ClN2O3. The molecule has 1 unspecified atom stereocenters. The quantitative estimate of drug-likeness (QED) is 0.672. The predicted molar refractivity (Wildman–Crippen MR) is 82.0 cm³/mol. The zero-order valence-corrected chi connectivity index (χ0v) is 12.4. The van der Waals surface area contributed by atoms with Crippen molar-refractivity contribution < 1.29 is 9.66 Å². The Morgan fingerprint density at radius 2 is 2.00 bits per heavy atom. The van der Waals surface area contributed by atoms with Gasteiger partial charge in [0, 0.05) is 17.1 Å². The third kappa shape index (κ3) is 3.51. The molecule has 0 amide bonds. The number of hydrogen-bond donors (Lipinski definition) is 1. The first-order chi connectivity index (χ1) is 9.88. The van der Waals surface area contributed by atoms with Crippen LogP contribution in [0.1, 0.15) is 24.1 Å². The van der Waals surface area contributed by atoms with Crippen LogP contribution >= 0.6 is 11.6 Å². The summed E-state index contributed by atoms with van der Waals surface area (Å²) in [5.41, 5.74) is 7.36. The van der Waals surface area contributed by atoms with Gasteiger partial charge in [-0.15, -0.1) is 0 Å². The molecule has 2 aromatic rings. The Bertz CT molecular complexity index is 687. The van der Waals surface area contributed by atoms with E-state index in [9.17, 15) is 10.1 Å². The summed E-state index contributed by atoms with van der Waals surface area (Å²) < 4.78 is 5.60. The number of nitrogens with two attached hydrogens (primary N) is 1. The lowest BCUT2D eigenvalue weighted by molar-refractivity contribution is -0.385. The van der Waals surface area contributed by atoms with Gasteiger partial charge in [-0.2, -0.15) is 0 Å². The summed E-state index contributed by atoms with van der Waals surface area (Å²) in [6, 6.07) is 9.55. The van der Waals surface area contributed by atoms with Crippen molar-refractivity contribution in [1.82, 2.24) is 0 Å². The van der Waals surface area contributed by atoms with Gasteiger partial charge in [-0.3, -0.25) is 10.1 Å². The smallest absolute Gasteiger partial charge is 0.311 e. The molecule has 0 aromatic heterocycles. The Hall–Kier alpha value is -2.11. The monoisotopic (exact) mass is 306 g/mol. The number of nitrogens with zero attached hydrogens (tertiary/aromatic N) is 1. The summed E-state index contributed by atoms with van der Waals surface area (Å²) in [4.78, 5) is 10.5. The molecule has 0 bridgehead atoms. The summed E-state index contributed by atoms with van der Waals surface area (Å²) in [6.45, 7) is 3.66. The molecule has 0 aliphatic heterocycles. The molecule has 6 heteroatoms. The molecule has 0 spiro atoms. The number of nitro benzene ring substituents is 1. The summed E-state index contributed by atoms with van der Waals surface area (Å²) in [5, 5.41) is 11.5. The van der Waals surface area contributed by atoms with Crippen molar-refractivity contribution in [3.63, 3.8) is 0 Å². The largest absolute Gasteiger partial charge is 0.450 e. The summed E-state index contributed by atoms with van der Waals surface area (Å²) in [5.74, 6) is 0.614. The number of rotatable bonds is 4. The van der Waals surface area contributed by atoms with Crippen LogP contribution < -0.4 is 10.5 Å². The SMILES string of the molecule is Cc1ccc([N+](=O)[O-])c(Oc2ccc(C(C)N)c(Cl)c2)c1. The van der Waals surface area contributed by atoms with Crippen molar-refractivity contribution in [2.75, 3.05) is 0 Å². The molecule has 0 radical (unpaired) electrons. The minimum atomic E-state index is -0.479. The Morgan fingerprint density at radius 1 is 1.29 bits per heavy atom. The van der Waals surface area contributed by atoms with Crippen LogP contribution in [-0.2, 0) is 0 Å². The third-order valence-corrected chi connectivity index (χ3v) is 3.33. The first-order valence-electron chi connectivity index (χ1n) is 6.36. The molecule has 0 heterocycles. The molecule has 110 valence electrons. The molecule has 1 atom stereocenters. The molecule has 21 heavy (non-hydrogen) atoms. The highest BCUT2D eigenvalue weighted by Crippen LogP contribution is 2.34. The molecule has 0 aliphatic carbocycles. The molecule has 0 saturated heterocycles. The first-order valence-corrected chi connectivity index (χ1v) is 6.74. The number of hydrogen-bond acceptors (Lipinski definition) is 4. The Balaban J connectivity index is 2.36. The van der Waals surface area contributed by atoms with Gasteiger partial charge < -0.3 is 10.5 Å². The standard InChI is InChI=1S/C15H15ClN2O3/c1-9-3-6-14(18(19)20)15(7-9)21-11-4-5-12(10(2)17)13(16)8-11/h3-8,10H,17H2,1-2H3. The average Bonchev–Trinajstić information content (AvgIpc) is 2.37. The van der Waals surface area contributed by atoms with Crippen LogP contribution in [0.15, 0.2) is 36.4 Å². The van der Waals surface area contributed by atoms with E-state index in [0.29, 0.717) is 10.8 Å². The van der Waals surface area contributed by atoms with Crippen LogP contribution in [-0.4, -0.2) is 4.92 Å². The molecule has 0 fully saturated rings. The van der Waals surface area contributed by atoms with E-state index in [1.807, 2.05) is 13.8 Å². The summed E-state index contributed by atoms with van der Waals surface area (Å²) in [6.07, 6.45) is 0. The highest BCUT2D eigenvalue weighted by atomic mass is 35.5. The normalized spacial score (nSPS) is 12.0. The average molecular weight is 307 g/mol. The zero-order chi connectivity index (χ0) is 15.6. The Labute approximate surface area is 127 Å². The van der Waals surface area contributed by atoms with Gasteiger partial charge in [-0.05, 0) is 43.2 Å². The molecule has 5 nitrogen and oxygen atoms in total. The van der Waals surface area contributed by atoms with Crippen LogP contribution in [0, 0.1) is 17.0 Å². The van der Waals surface area contributed by atoms with Crippen LogP contribution in [0.3, 0.4) is 0 Å². The van der Waals surface area contributed by atoms with E-state index in [0.717, 1.165) is 11.1 Å². The van der Waals surface area contributed by atoms with E-state index in [-0.39, 0.29) is 17.5 Å². The van der Waals surface area contributed by atoms with Gasteiger partial charge in [0.15, 0.2) is 0 Å². The fraction of sp³-hybridized carbons (Fsp3) is 0.200. The fourth-order valence-corrected chi connectivity index (χ4v) is 2.26. The van der Waals surface area contributed by atoms with E-state index in [4.69, 9.17) is 22.1 Å². The highest BCUT2D eigenvalue weighted by Gasteiger charge is 2.16. The predicted octanol–water partition coefficient (Wildman–Crippen LogP) is 4.37. The highest BCUT2D eigenvalue weighted by molar-refractivity contribution is 6.31. The second-order valence-electron chi connectivity index (χ2n) is 4.80. The second kappa shape index (κ2) is 6.11. The van der Waals surface area contributed by atoms with E-state index >= 15 is 0 Å². The van der Waals surface area contributed by atoms with Crippen molar-refractivity contribution in [3.8, 4) is 11.5 Å². The van der Waals surface area contributed by atoms with E-state index in [1.165, 1.54) is 6.07 Å². The van der Waals surface area contributed by atoms with Gasteiger partial charge >= 0.3 is 5.69 Å². The molecule has 0 saturated carbocycles. The van der Waals surface area contributed by atoms with Crippen molar-refractivity contribution in [2.45, 2.75) is 19.9 Å². The van der Waals surface area contributed by atoms with E-state index in [1.54, 1.807) is 30.3 Å². The van der Waals surface area contributed by atoms with Gasteiger partial charge in [0.1, 0.15) is 5.75 Å². The molecule has 2 rings (SSSR count). The minimum absolute atomic E-state index is 0.0898. The first kappa shape index (κ1) is 15.3. The van der Waals surface area contributed by atoms with Crippen molar-refractivity contribution >= 4 is 17.3 Å². The van der Waals surface area contributed by atoms with Crippen LogP contribution in [0.4, 0.5) is 5.69 Å². The topological polar surface area (TPSA) is 78.4 Å². The molecule has 0 aliphatic rings. The lowest BCUT2D eigenvalue weighted by Gasteiger charge is -2.11. The fourth-order valence-electron chi connectivity index (χ4n) is 1.92. The number of benzene rings is 2. The number of halogens is 1. The van der Waals surface area contributed by atoms with Crippen LogP contribution in [0.25, 0.3) is 0 Å². The third-order valence-electron chi connectivity index (χ3n) is 3.00. The maximum absolute atomic E-state index is 11.0. The lowest BCUT2D eigenvalue weighted by Crippen LogP contribution is -2.05. The van der Waals surface area contributed by atoms with Crippen molar-refractivity contribution in [2.24, 2.45) is 5.73 Å². The van der Waals surface area contributed by atoms with Gasteiger partial charge in [0.05, 0.1) is 4.92 Å². The number of ether oxygens (including phenoxy) is 1. The zero-order valence-electron chi connectivity index (χ0n) is 11.7. The van der Waals surface area contributed by atoms with Crippen LogP contribution in [0.5, 0.6) is 11.5 Å². The van der Waals surface area contributed by atoms with Gasteiger partial charge in [0.2, 0.25) is 5.75 Å². The van der Waals surface area contributed by atoms with Crippen molar-refractivity contribution in [1.29, 1.82) is 0 Å². The van der Waals surface area contributed by atoms with Gasteiger partial charge in [0.25, 0.3) is 0 Å². The Morgan fingerprint density at radius 3 is 2.57 bits per heavy atom. The Kier molecular flexibility index (Phi) is 4.45. The van der Waals surface area contributed by atoms with Crippen LogP contribution in [0.2, 0.25) is 5.02 Å². The molecular weight excluding hydrogens is 292 g/mol. The summed E-state index contributed by atoms with van der Waals surface area (Å²) >= 11 is 6.13. The maximum atomic E-state index is 11.0. The van der Waals surface area contributed by atoms with Crippen molar-refractivity contribution in [3.05, 3.63) is 62.7 Å². The van der Waals surface area contributed by atoms with E-state index in [2.05, 4.69) is 0 Å². The minimum Gasteiger partial charge on any atom is -0.450 e. The summed E-state index contributed by atoms with van der Waals surface area (Å²) in [7, 11) is 0. The van der Waals surface area contributed by atoms with Gasteiger partial charge in [-0.25, -0.2) is 0 Å². The molecule has 2 N–H and O–H groups in total. The molecule has 2 aromatic carbocycles. The number of aryl methyl sites for hydroxylation is 1. The van der Waals surface area contributed by atoms with E-state index < -0.39 is 4.92 Å². The lowest BCUT2D eigenvalue weighted by atomic mass is 10.1.